The number of hydrogen-bond acceptors (Lipinski definition) is 5. The van der Waals surface area contributed by atoms with Crippen molar-refractivity contribution in [3.05, 3.63) is 35.9 Å². The highest BCUT2D eigenvalue weighted by Gasteiger charge is 2.50. The number of sulfonamides is 1. The molecule has 0 aromatic carbocycles. The van der Waals surface area contributed by atoms with Gasteiger partial charge in [-0.1, -0.05) is 0 Å². The second kappa shape index (κ2) is 5.41. The van der Waals surface area contributed by atoms with Gasteiger partial charge in [-0.3, -0.25) is 4.68 Å². The number of nitrogens with one attached hydrogen (secondary N) is 1. The minimum Gasteiger partial charge on any atom is -0.346 e. The van der Waals surface area contributed by atoms with Crippen LogP contribution in [0.5, 0.6) is 0 Å². The summed E-state index contributed by atoms with van der Waals surface area (Å²) in [5, 5.41) is 15.2. The predicted molar refractivity (Wildman–Crippen MR) is 99.4 cm³/mol. The van der Waals surface area contributed by atoms with E-state index in [9.17, 15) is 13.7 Å². The van der Waals surface area contributed by atoms with Crippen LogP contribution in [-0.4, -0.2) is 51.3 Å². The standard InChI is InChI=1S/C18H18N6O2S/c1-2-27(25,26)23-10-18(11-23,4-5-19)24-9-14-13-3-6-20-17-16(13)12(8-21-17)7-15(14)22-24/h3,6,8-9H,2,4,7,10-11H2,1H3,(H,20,21). The van der Waals surface area contributed by atoms with Crippen LogP contribution >= 0.6 is 0 Å². The molecule has 0 atom stereocenters. The van der Waals surface area contributed by atoms with Gasteiger partial charge in [0.15, 0.2) is 0 Å². The van der Waals surface area contributed by atoms with Crippen LogP contribution in [-0.2, 0) is 22.0 Å². The summed E-state index contributed by atoms with van der Waals surface area (Å²) >= 11 is 0. The van der Waals surface area contributed by atoms with E-state index in [1.165, 1.54) is 4.31 Å². The van der Waals surface area contributed by atoms with Gasteiger partial charge in [0, 0.05) is 49.1 Å². The zero-order valence-electron chi connectivity index (χ0n) is 14.8. The number of hydrogen-bond donors (Lipinski definition) is 1. The van der Waals surface area contributed by atoms with Crippen molar-refractivity contribution in [1.82, 2.24) is 24.1 Å². The molecule has 0 spiro atoms. The Morgan fingerprint density at radius 2 is 2.19 bits per heavy atom. The minimum atomic E-state index is -3.26. The van der Waals surface area contributed by atoms with Crippen LogP contribution in [0, 0.1) is 11.3 Å². The van der Waals surface area contributed by atoms with Gasteiger partial charge >= 0.3 is 0 Å². The average molecular weight is 382 g/mol. The number of rotatable bonds is 4. The molecule has 1 aliphatic heterocycles. The number of nitriles is 1. The van der Waals surface area contributed by atoms with Crippen molar-refractivity contribution < 1.29 is 8.42 Å². The van der Waals surface area contributed by atoms with Gasteiger partial charge in [0.05, 0.1) is 23.9 Å². The van der Waals surface area contributed by atoms with Gasteiger partial charge in [0.1, 0.15) is 11.2 Å². The molecule has 2 aliphatic rings. The highest BCUT2D eigenvalue weighted by Crippen LogP contribution is 2.41. The van der Waals surface area contributed by atoms with Crippen molar-refractivity contribution in [1.29, 1.82) is 5.26 Å². The Bertz CT molecular complexity index is 1210. The molecule has 0 unspecified atom stereocenters. The quantitative estimate of drug-likeness (QED) is 0.577. The molecule has 1 aliphatic carbocycles. The molecule has 1 saturated heterocycles. The molecule has 0 amide bonds. The zero-order valence-corrected chi connectivity index (χ0v) is 15.6. The first-order valence-electron chi connectivity index (χ1n) is 8.86. The van der Waals surface area contributed by atoms with Gasteiger partial charge in [0.25, 0.3) is 0 Å². The first-order chi connectivity index (χ1) is 13.0. The van der Waals surface area contributed by atoms with Crippen molar-refractivity contribution in [2.75, 3.05) is 18.8 Å². The number of nitrogens with zero attached hydrogens (tertiary/aromatic N) is 5. The van der Waals surface area contributed by atoms with E-state index in [1.807, 2.05) is 23.1 Å². The molecule has 1 N–H and O–H groups in total. The fourth-order valence-corrected chi connectivity index (χ4v) is 5.39. The van der Waals surface area contributed by atoms with Crippen molar-refractivity contribution in [2.24, 2.45) is 0 Å². The maximum absolute atomic E-state index is 12.1. The lowest BCUT2D eigenvalue weighted by Gasteiger charge is -2.47. The molecule has 0 radical (unpaired) electrons. The van der Waals surface area contributed by atoms with E-state index in [1.54, 1.807) is 13.1 Å². The van der Waals surface area contributed by atoms with E-state index in [4.69, 9.17) is 5.10 Å². The fraction of sp³-hybridized carbons (Fsp3) is 0.389. The molecule has 138 valence electrons. The third kappa shape index (κ3) is 2.20. The second-order valence-corrected chi connectivity index (χ2v) is 9.49. The number of H-pyrrole nitrogens is 1. The Morgan fingerprint density at radius 3 is 2.93 bits per heavy atom. The van der Waals surface area contributed by atoms with E-state index in [-0.39, 0.29) is 25.3 Å². The smallest absolute Gasteiger partial charge is 0.213 e. The van der Waals surface area contributed by atoms with Crippen LogP contribution < -0.4 is 0 Å². The van der Waals surface area contributed by atoms with Gasteiger partial charge < -0.3 is 4.98 Å². The fourth-order valence-electron chi connectivity index (χ4n) is 4.15. The lowest BCUT2D eigenvalue weighted by molar-refractivity contribution is 0.0715. The number of pyridine rings is 1. The van der Waals surface area contributed by atoms with Crippen LogP contribution in [0.25, 0.3) is 22.2 Å². The first-order valence-corrected chi connectivity index (χ1v) is 10.5. The van der Waals surface area contributed by atoms with Crippen LogP contribution in [0.2, 0.25) is 0 Å². The average Bonchev–Trinajstić information content (AvgIpc) is 3.24. The molecule has 9 heteroatoms. The first kappa shape index (κ1) is 16.5. The van der Waals surface area contributed by atoms with E-state index in [0.717, 1.165) is 33.4 Å². The van der Waals surface area contributed by atoms with Gasteiger partial charge in [-0.05, 0) is 24.1 Å². The predicted octanol–water partition coefficient (Wildman–Crippen LogP) is 1.60. The summed E-state index contributed by atoms with van der Waals surface area (Å²) in [5.74, 6) is 0.0650. The minimum absolute atomic E-state index is 0.0650. The van der Waals surface area contributed by atoms with Crippen LogP contribution in [0.4, 0.5) is 0 Å². The number of aromatic nitrogens is 4. The molecule has 3 aromatic heterocycles. The molecule has 5 rings (SSSR count). The molecule has 1 fully saturated rings. The van der Waals surface area contributed by atoms with E-state index >= 15 is 0 Å². The monoisotopic (exact) mass is 382 g/mol. The molecule has 4 heterocycles. The number of aromatic amines is 1. The van der Waals surface area contributed by atoms with Gasteiger partial charge in [-0.25, -0.2) is 13.4 Å². The molecule has 3 aromatic rings. The van der Waals surface area contributed by atoms with Gasteiger partial charge in [0.2, 0.25) is 10.0 Å². The van der Waals surface area contributed by atoms with E-state index in [0.29, 0.717) is 6.42 Å². The van der Waals surface area contributed by atoms with E-state index in [2.05, 4.69) is 16.0 Å². The second-order valence-electron chi connectivity index (χ2n) is 7.23. The van der Waals surface area contributed by atoms with E-state index < -0.39 is 15.6 Å². The Balaban J connectivity index is 1.57. The normalized spacial score (nSPS) is 18.1. The Kier molecular flexibility index (Phi) is 3.30. The summed E-state index contributed by atoms with van der Waals surface area (Å²) < 4.78 is 27.6. The SMILES string of the molecule is CCS(=O)(=O)N1CC(CC#N)(n2cc3c(n2)Cc2c[nH]c4nccc-3c24)C1. The molecule has 0 saturated carbocycles. The number of fused-ring (bicyclic) bond motifs is 2. The van der Waals surface area contributed by atoms with Crippen molar-refractivity contribution in [3.63, 3.8) is 0 Å². The summed E-state index contributed by atoms with van der Waals surface area (Å²) in [6.07, 6.45) is 6.62. The van der Waals surface area contributed by atoms with Crippen LogP contribution in [0.15, 0.2) is 24.7 Å². The maximum atomic E-state index is 12.1. The van der Waals surface area contributed by atoms with Crippen LogP contribution in [0.3, 0.4) is 0 Å². The van der Waals surface area contributed by atoms with Gasteiger partial charge in [-0.2, -0.15) is 14.7 Å². The van der Waals surface area contributed by atoms with Crippen molar-refractivity contribution in [3.8, 4) is 17.2 Å². The third-order valence-electron chi connectivity index (χ3n) is 5.69. The molecular formula is C18H18N6O2S. The summed E-state index contributed by atoms with van der Waals surface area (Å²) in [6, 6.07) is 4.20. The summed E-state index contributed by atoms with van der Waals surface area (Å²) in [7, 11) is -3.26. The van der Waals surface area contributed by atoms with Crippen LogP contribution in [0.1, 0.15) is 24.6 Å². The lowest BCUT2D eigenvalue weighted by atomic mass is 9.89. The molecule has 27 heavy (non-hydrogen) atoms. The topological polar surface area (TPSA) is 108 Å². The van der Waals surface area contributed by atoms with Crippen molar-refractivity contribution >= 4 is 21.1 Å². The maximum Gasteiger partial charge on any atom is 0.213 e. The summed E-state index contributed by atoms with van der Waals surface area (Å²) in [5.41, 5.74) is 4.47. The molecular weight excluding hydrogens is 364 g/mol. The summed E-state index contributed by atoms with van der Waals surface area (Å²) in [6.45, 7) is 2.21. The van der Waals surface area contributed by atoms with Gasteiger partial charge in [-0.15, -0.1) is 0 Å². The Morgan fingerprint density at radius 1 is 1.37 bits per heavy atom. The lowest BCUT2D eigenvalue weighted by Crippen LogP contribution is -2.64. The largest absolute Gasteiger partial charge is 0.346 e. The summed E-state index contributed by atoms with van der Waals surface area (Å²) in [4.78, 5) is 7.58. The Hall–Kier alpha value is -2.70. The Labute approximate surface area is 156 Å². The molecule has 0 bridgehead atoms. The molecule has 8 nitrogen and oxygen atoms in total. The van der Waals surface area contributed by atoms with Crippen molar-refractivity contribution in [2.45, 2.75) is 25.3 Å². The zero-order chi connectivity index (χ0) is 18.8. The third-order valence-corrected chi connectivity index (χ3v) is 7.46. The highest BCUT2D eigenvalue weighted by molar-refractivity contribution is 7.89. The highest BCUT2D eigenvalue weighted by atomic mass is 32.2.